The molecule has 20 atom stereocenters. The van der Waals surface area contributed by atoms with Crippen LogP contribution in [0.3, 0.4) is 0 Å². The summed E-state index contributed by atoms with van der Waals surface area (Å²) < 4.78 is 10.0. The average molecular weight is 962 g/mol. The maximum Gasteiger partial charge on any atom is 0.311 e. The van der Waals surface area contributed by atoms with Crippen molar-refractivity contribution in [2.24, 2.45) is 116 Å². The zero-order valence-corrected chi connectivity index (χ0v) is 43.3. The number of methoxy groups -OCH3 is 2. The zero-order valence-electron chi connectivity index (χ0n) is 43.3. The summed E-state index contributed by atoms with van der Waals surface area (Å²) in [4.78, 5) is 46.8. The summed E-state index contributed by atoms with van der Waals surface area (Å²) >= 11 is 0. The number of fused-ring (bicyclic) bond motifs is 10. The number of carboxylic acids is 2. The van der Waals surface area contributed by atoms with E-state index in [-0.39, 0.29) is 52.5 Å². The molecule has 8 nitrogen and oxygen atoms in total. The molecule has 0 saturated heterocycles. The lowest BCUT2D eigenvalue weighted by Gasteiger charge is -2.40. The van der Waals surface area contributed by atoms with Crippen LogP contribution >= 0.6 is 0 Å². The minimum Gasteiger partial charge on any atom is -0.481 e. The van der Waals surface area contributed by atoms with E-state index in [9.17, 15) is 29.4 Å². The third kappa shape index (κ3) is 11.9. The van der Waals surface area contributed by atoms with Crippen LogP contribution in [-0.4, -0.2) is 48.3 Å². The van der Waals surface area contributed by atoms with Gasteiger partial charge in [0, 0.05) is 0 Å². The van der Waals surface area contributed by atoms with Gasteiger partial charge in [-0.3, -0.25) is 19.2 Å². The Morgan fingerprint density at radius 2 is 0.794 bits per heavy atom. The Bertz CT molecular complexity index is 1610. The zero-order chi connectivity index (χ0) is 47.7. The second kappa shape index (κ2) is 25.5. The van der Waals surface area contributed by atoms with Crippen LogP contribution in [0.2, 0.25) is 0 Å². The Kier molecular flexibility index (Phi) is 24.0. The molecule has 0 aromatic carbocycles. The largest absolute Gasteiger partial charge is 0.481 e. The molecule has 8 aliphatic carbocycles. The standard InChI is InChI=1S/C17H28O2.C16H26O2.C12H22O2.C11H20O2.4CH4/c1-5-6-11-7-10(2)14-12-8-13(15(11)14)17(3,9-12)16(18)19-4;1-4-5-10-6-9(2)13-11-7-12(14(10)13)16(3,8-11)15(17)18;1-5-6-10-7-9(2)8-12(10,3)11(13)14-4;1-4-5-9-6-8(2)7-11(9,3)10(12)13;;;;/h10-15H,5-9H2,1-4H3;9-14H,4-8H2,1-3H3,(H,17,18);9-10H,5-8H2,1-4H3;8-9H,4-7H2,1-3H3,(H,12,13);4*1H4. The molecule has 0 heterocycles. The molecule has 8 saturated carbocycles. The summed E-state index contributed by atoms with van der Waals surface area (Å²) in [6.45, 7) is 26.3. The van der Waals surface area contributed by atoms with Gasteiger partial charge in [0.25, 0.3) is 0 Å². The quantitative estimate of drug-likeness (QED) is 0.185. The molecule has 0 spiro atoms. The van der Waals surface area contributed by atoms with Gasteiger partial charge in [-0.25, -0.2) is 0 Å². The average Bonchev–Trinajstić information content (AvgIpc) is 4.12. The van der Waals surface area contributed by atoms with Gasteiger partial charge < -0.3 is 19.7 Å². The van der Waals surface area contributed by atoms with Crippen molar-refractivity contribution in [1.82, 2.24) is 0 Å². The summed E-state index contributed by atoms with van der Waals surface area (Å²) in [6.07, 6.45) is 21.0. The van der Waals surface area contributed by atoms with Crippen molar-refractivity contribution < 1.29 is 38.9 Å². The van der Waals surface area contributed by atoms with Gasteiger partial charge in [0.15, 0.2) is 0 Å². The topological polar surface area (TPSA) is 127 Å². The van der Waals surface area contributed by atoms with Crippen LogP contribution in [0.15, 0.2) is 0 Å². The fourth-order valence-electron chi connectivity index (χ4n) is 18.0. The molecule has 0 aliphatic heterocycles. The lowest BCUT2D eigenvalue weighted by atomic mass is 9.63. The van der Waals surface area contributed by atoms with E-state index in [2.05, 4.69) is 69.2 Å². The normalized spacial score (nSPS) is 43.7. The highest BCUT2D eigenvalue weighted by Gasteiger charge is 2.67. The smallest absolute Gasteiger partial charge is 0.311 e. The van der Waals surface area contributed by atoms with Crippen molar-refractivity contribution in [1.29, 1.82) is 0 Å². The predicted octanol–water partition coefficient (Wildman–Crippen LogP) is 16.2. The molecular formula is C60H112O8. The Morgan fingerprint density at radius 3 is 1.16 bits per heavy atom. The van der Waals surface area contributed by atoms with Gasteiger partial charge in [-0.2, -0.15) is 0 Å². The molecule has 20 unspecified atom stereocenters. The highest BCUT2D eigenvalue weighted by atomic mass is 16.5. The predicted molar refractivity (Wildman–Crippen MR) is 283 cm³/mol. The van der Waals surface area contributed by atoms with E-state index in [0.29, 0.717) is 41.4 Å². The van der Waals surface area contributed by atoms with E-state index in [1.165, 1.54) is 64.9 Å². The highest BCUT2D eigenvalue weighted by molar-refractivity contribution is 5.78. The first kappa shape index (κ1) is 63.9. The molecule has 8 aliphatic rings. The van der Waals surface area contributed by atoms with Gasteiger partial charge >= 0.3 is 23.9 Å². The van der Waals surface area contributed by atoms with Gasteiger partial charge in [0.2, 0.25) is 0 Å². The van der Waals surface area contributed by atoms with Crippen LogP contribution in [0, 0.1) is 116 Å². The third-order valence-corrected chi connectivity index (χ3v) is 20.4. The van der Waals surface area contributed by atoms with Gasteiger partial charge in [-0.1, -0.05) is 124 Å². The minimum atomic E-state index is -0.602. The Labute approximate surface area is 420 Å². The molecule has 0 aromatic heterocycles. The third-order valence-electron chi connectivity index (χ3n) is 20.4. The Balaban J connectivity index is 0.000000450. The van der Waals surface area contributed by atoms with Gasteiger partial charge in [-0.05, 0) is 199 Å². The van der Waals surface area contributed by atoms with Crippen LogP contribution < -0.4 is 0 Å². The molecule has 8 fully saturated rings. The maximum absolute atomic E-state index is 12.2. The Hall–Kier alpha value is -2.12. The summed E-state index contributed by atoms with van der Waals surface area (Å²) in [7, 11) is 3.05. The van der Waals surface area contributed by atoms with E-state index in [1.807, 2.05) is 13.8 Å². The number of hydrogen-bond donors (Lipinski definition) is 2. The van der Waals surface area contributed by atoms with Crippen molar-refractivity contribution in [3.8, 4) is 0 Å². The number of carbonyl (C=O) groups is 4. The van der Waals surface area contributed by atoms with E-state index < -0.39 is 22.8 Å². The molecule has 4 bridgehead atoms. The summed E-state index contributed by atoms with van der Waals surface area (Å²) in [6, 6.07) is 0. The number of hydrogen-bond acceptors (Lipinski definition) is 6. The molecule has 2 N–H and O–H groups in total. The van der Waals surface area contributed by atoms with E-state index in [0.717, 1.165) is 111 Å². The van der Waals surface area contributed by atoms with Crippen LogP contribution in [0.25, 0.3) is 0 Å². The molecule has 400 valence electrons. The first-order valence-electron chi connectivity index (χ1n) is 26.7. The van der Waals surface area contributed by atoms with Crippen LogP contribution in [-0.2, 0) is 28.7 Å². The number of aliphatic carboxylic acids is 2. The summed E-state index contributed by atoms with van der Waals surface area (Å²) in [5.74, 6) is 10.3. The van der Waals surface area contributed by atoms with E-state index in [4.69, 9.17) is 9.47 Å². The molecular weight excluding hydrogens is 849 g/mol. The van der Waals surface area contributed by atoms with Gasteiger partial charge in [-0.15, -0.1) is 0 Å². The van der Waals surface area contributed by atoms with Crippen molar-refractivity contribution in [3.05, 3.63) is 0 Å². The number of ether oxygens (including phenoxy) is 2. The maximum atomic E-state index is 12.2. The first-order valence-corrected chi connectivity index (χ1v) is 26.7. The lowest BCUT2D eigenvalue weighted by Crippen LogP contribution is -2.42. The van der Waals surface area contributed by atoms with Crippen molar-refractivity contribution in [2.45, 2.75) is 228 Å². The fourth-order valence-corrected chi connectivity index (χ4v) is 18.0. The molecule has 0 aromatic rings. The Morgan fingerprint density at radius 1 is 0.456 bits per heavy atom. The van der Waals surface area contributed by atoms with Crippen molar-refractivity contribution in [3.63, 3.8) is 0 Å². The summed E-state index contributed by atoms with van der Waals surface area (Å²) in [5, 5.41) is 18.8. The monoisotopic (exact) mass is 961 g/mol. The van der Waals surface area contributed by atoms with Crippen LogP contribution in [0.5, 0.6) is 0 Å². The number of esters is 2. The first-order chi connectivity index (χ1) is 30.1. The fraction of sp³-hybridized carbons (Fsp3) is 0.933. The molecule has 0 radical (unpaired) electrons. The van der Waals surface area contributed by atoms with Gasteiger partial charge in [0.1, 0.15) is 0 Å². The second-order valence-electron chi connectivity index (χ2n) is 24.8. The minimum absolute atomic E-state index is 0. The van der Waals surface area contributed by atoms with Crippen molar-refractivity contribution in [2.75, 3.05) is 14.2 Å². The second-order valence-corrected chi connectivity index (χ2v) is 24.8. The molecule has 8 rings (SSSR count). The van der Waals surface area contributed by atoms with Crippen LogP contribution in [0.4, 0.5) is 0 Å². The van der Waals surface area contributed by atoms with E-state index >= 15 is 0 Å². The molecule has 68 heavy (non-hydrogen) atoms. The SMILES string of the molecule is C.C.C.C.CCCC1CC(C)C2C3CC(C12)C(C)(C(=O)O)C3.CCCC1CC(C)C2C3CC(C12)C(C)(C(=O)OC)C3.CCCC1CC(C)CC1(C)C(=O)O.CCCC1CC(C)CC1(C)C(=O)OC. The van der Waals surface area contributed by atoms with Crippen LogP contribution in [0.1, 0.15) is 228 Å². The molecule has 8 heteroatoms. The number of rotatable bonds is 12. The van der Waals surface area contributed by atoms with Crippen molar-refractivity contribution >= 4 is 23.9 Å². The van der Waals surface area contributed by atoms with Gasteiger partial charge in [0.05, 0.1) is 35.9 Å². The summed E-state index contributed by atoms with van der Waals surface area (Å²) in [5.41, 5.74) is -1.27. The number of carboxylic acid groups (broad SMARTS) is 2. The lowest BCUT2D eigenvalue weighted by molar-refractivity contribution is -0.158. The highest BCUT2D eigenvalue weighted by Crippen LogP contribution is 2.70. The number of carbonyl (C=O) groups excluding carboxylic acids is 2. The van der Waals surface area contributed by atoms with E-state index in [1.54, 1.807) is 7.11 Å². The molecule has 0 amide bonds.